The van der Waals surface area contributed by atoms with Gasteiger partial charge in [0.25, 0.3) is 0 Å². The lowest BCUT2D eigenvalue weighted by Gasteiger charge is -2.36. The Morgan fingerprint density at radius 2 is 1.50 bits per heavy atom. The van der Waals surface area contributed by atoms with Gasteiger partial charge in [-0.2, -0.15) is 5.06 Å². The fourth-order valence-corrected chi connectivity index (χ4v) is 2.87. The van der Waals surface area contributed by atoms with Crippen LogP contribution in [-0.2, 0) is 10.4 Å². The average molecular weight is 268 g/mol. The molecule has 0 unspecified atom stereocenters. The van der Waals surface area contributed by atoms with Crippen molar-refractivity contribution in [3.63, 3.8) is 0 Å². The molecular formula is C16H16N2O2. The number of carbonyl (C=O) groups is 1. The lowest BCUT2D eigenvalue weighted by molar-refractivity contribution is -0.107. The van der Waals surface area contributed by atoms with Gasteiger partial charge in [0.05, 0.1) is 6.61 Å². The predicted molar refractivity (Wildman–Crippen MR) is 75.7 cm³/mol. The summed E-state index contributed by atoms with van der Waals surface area (Å²) in [5, 5.41) is 1.30. The van der Waals surface area contributed by atoms with Crippen molar-refractivity contribution in [3.05, 3.63) is 71.8 Å². The molecule has 102 valence electrons. The molecule has 1 heterocycles. The molecule has 1 fully saturated rings. The summed E-state index contributed by atoms with van der Waals surface area (Å²) >= 11 is 0. The molecule has 0 aliphatic carbocycles. The van der Waals surface area contributed by atoms with Crippen molar-refractivity contribution < 1.29 is 9.63 Å². The van der Waals surface area contributed by atoms with Crippen molar-refractivity contribution in [2.75, 3.05) is 6.61 Å². The van der Waals surface area contributed by atoms with E-state index in [4.69, 9.17) is 10.6 Å². The number of hydrogen-bond donors (Lipinski definition) is 1. The summed E-state index contributed by atoms with van der Waals surface area (Å²) in [6.45, 7) is 0.465. The highest BCUT2D eigenvalue weighted by Gasteiger charge is 2.47. The topological polar surface area (TPSA) is 55.6 Å². The summed E-state index contributed by atoms with van der Waals surface area (Å²) in [7, 11) is 0. The standard InChI is InChI=1S/C16H16N2O2/c17-15(19)18-16(11-12-20-18,13-7-3-1-4-8-13)14-9-5-2-6-10-14/h1-10H,11-12H2,(H2,17,19). The number of hydrogen-bond acceptors (Lipinski definition) is 2. The highest BCUT2D eigenvalue weighted by molar-refractivity contribution is 5.73. The van der Waals surface area contributed by atoms with Gasteiger partial charge in [0, 0.05) is 6.42 Å². The van der Waals surface area contributed by atoms with E-state index in [1.807, 2.05) is 60.7 Å². The highest BCUT2D eigenvalue weighted by atomic mass is 16.7. The minimum absolute atomic E-state index is 0.465. The lowest BCUT2D eigenvalue weighted by atomic mass is 9.80. The van der Waals surface area contributed by atoms with E-state index < -0.39 is 11.6 Å². The molecule has 3 rings (SSSR count). The normalized spacial score (nSPS) is 17.1. The van der Waals surface area contributed by atoms with E-state index in [2.05, 4.69) is 0 Å². The van der Waals surface area contributed by atoms with Crippen LogP contribution in [0.5, 0.6) is 0 Å². The van der Waals surface area contributed by atoms with Crippen molar-refractivity contribution >= 4 is 6.03 Å². The fraction of sp³-hybridized carbons (Fsp3) is 0.188. The third kappa shape index (κ3) is 1.85. The molecule has 2 N–H and O–H groups in total. The molecule has 2 aromatic carbocycles. The van der Waals surface area contributed by atoms with Crippen molar-refractivity contribution in [1.29, 1.82) is 0 Å². The van der Waals surface area contributed by atoms with E-state index in [-0.39, 0.29) is 0 Å². The van der Waals surface area contributed by atoms with Crippen LogP contribution in [0.3, 0.4) is 0 Å². The maximum atomic E-state index is 11.8. The summed E-state index contributed by atoms with van der Waals surface area (Å²) in [5.74, 6) is 0. The minimum Gasteiger partial charge on any atom is -0.350 e. The van der Waals surface area contributed by atoms with Crippen molar-refractivity contribution in [2.24, 2.45) is 5.73 Å². The summed E-state index contributed by atoms with van der Waals surface area (Å²) in [4.78, 5) is 17.3. The zero-order valence-corrected chi connectivity index (χ0v) is 11.0. The zero-order valence-electron chi connectivity index (χ0n) is 11.0. The molecule has 0 saturated carbocycles. The van der Waals surface area contributed by atoms with Gasteiger partial charge in [0.2, 0.25) is 0 Å². The van der Waals surface area contributed by atoms with Crippen LogP contribution in [0.4, 0.5) is 4.79 Å². The number of nitrogens with two attached hydrogens (primary N) is 1. The summed E-state index contributed by atoms with van der Waals surface area (Å²) < 4.78 is 0. The number of benzene rings is 2. The largest absolute Gasteiger partial charge is 0.350 e. The van der Waals surface area contributed by atoms with Gasteiger partial charge < -0.3 is 5.73 Å². The zero-order chi connectivity index (χ0) is 14.0. The van der Waals surface area contributed by atoms with Crippen LogP contribution in [-0.4, -0.2) is 17.7 Å². The van der Waals surface area contributed by atoms with E-state index in [9.17, 15) is 4.79 Å². The van der Waals surface area contributed by atoms with Gasteiger partial charge in [-0.1, -0.05) is 60.7 Å². The van der Waals surface area contributed by atoms with Gasteiger partial charge in [0.1, 0.15) is 5.54 Å². The molecule has 1 aliphatic heterocycles. The van der Waals surface area contributed by atoms with Crippen molar-refractivity contribution in [2.45, 2.75) is 12.0 Å². The summed E-state index contributed by atoms with van der Waals surface area (Å²) in [6, 6.07) is 19.1. The third-order valence-corrected chi connectivity index (χ3v) is 3.73. The number of hydroxylamine groups is 2. The molecule has 2 aromatic rings. The number of urea groups is 1. The van der Waals surface area contributed by atoms with E-state index in [0.29, 0.717) is 13.0 Å². The van der Waals surface area contributed by atoms with Crippen LogP contribution in [0.25, 0.3) is 0 Å². The molecule has 4 nitrogen and oxygen atoms in total. The fourth-order valence-electron chi connectivity index (χ4n) is 2.87. The second kappa shape index (κ2) is 4.98. The molecule has 1 saturated heterocycles. The molecule has 1 aliphatic rings. The van der Waals surface area contributed by atoms with Gasteiger partial charge in [-0.25, -0.2) is 4.79 Å². The average Bonchev–Trinajstić information content (AvgIpc) is 2.95. The third-order valence-electron chi connectivity index (χ3n) is 3.73. The Labute approximate surface area is 117 Å². The summed E-state index contributed by atoms with van der Waals surface area (Å²) in [5.41, 5.74) is 6.87. The number of primary amides is 1. The van der Waals surface area contributed by atoms with E-state index >= 15 is 0 Å². The van der Waals surface area contributed by atoms with Crippen molar-refractivity contribution in [3.8, 4) is 0 Å². The van der Waals surface area contributed by atoms with Gasteiger partial charge in [0.15, 0.2) is 0 Å². The molecule has 0 radical (unpaired) electrons. The second-order valence-electron chi connectivity index (χ2n) is 4.81. The second-order valence-corrected chi connectivity index (χ2v) is 4.81. The molecule has 4 heteroatoms. The number of rotatable bonds is 2. The first-order valence-electron chi connectivity index (χ1n) is 6.59. The Bertz CT molecular complexity index is 559. The van der Waals surface area contributed by atoms with Gasteiger partial charge in [-0.3, -0.25) is 4.84 Å². The van der Waals surface area contributed by atoms with Crippen LogP contribution >= 0.6 is 0 Å². The van der Waals surface area contributed by atoms with E-state index in [1.165, 1.54) is 5.06 Å². The number of nitrogens with zero attached hydrogens (tertiary/aromatic N) is 1. The van der Waals surface area contributed by atoms with Gasteiger partial charge >= 0.3 is 6.03 Å². The Kier molecular flexibility index (Phi) is 3.16. The Balaban J connectivity index is 2.21. The smallest absolute Gasteiger partial charge is 0.339 e. The number of carbonyl (C=O) groups excluding carboxylic acids is 1. The quantitative estimate of drug-likeness (QED) is 0.910. The molecule has 0 atom stereocenters. The van der Waals surface area contributed by atoms with Crippen LogP contribution in [0.1, 0.15) is 17.5 Å². The molecule has 0 bridgehead atoms. The van der Waals surface area contributed by atoms with E-state index in [1.54, 1.807) is 0 Å². The molecule has 20 heavy (non-hydrogen) atoms. The maximum Gasteiger partial charge on any atom is 0.339 e. The van der Waals surface area contributed by atoms with E-state index in [0.717, 1.165) is 11.1 Å². The van der Waals surface area contributed by atoms with Crippen molar-refractivity contribution in [1.82, 2.24) is 5.06 Å². The Hall–Kier alpha value is -2.33. The van der Waals surface area contributed by atoms with Crippen LogP contribution in [0.2, 0.25) is 0 Å². The first kappa shape index (κ1) is 12.7. The Morgan fingerprint density at radius 1 is 1.00 bits per heavy atom. The molecule has 0 aromatic heterocycles. The van der Waals surface area contributed by atoms with Crippen LogP contribution < -0.4 is 5.73 Å². The molecule has 0 spiro atoms. The van der Waals surface area contributed by atoms with Gasteiger partial charge in [-0.05, 0) is 11.1 Å². The minimum atomic E-state index is -0.644. The SMILES string of the molecule is NC(=O)N1OCCC1(c1ccccc1)c1ccccc1. The first-order valence-corrected chi connectivity index (χ1v) is 6.59. The monoisotopic (exact) mass is 268 g/mol. The molecule has 2 amide bonds. The van der Waals surface area contributed by atoms with Crippen LogP contribution in [0.15, 0.2) is 60.7 Å². The summed E-state index contributed by atoms with van der Waals surface area (Å²) in [6.07, 6.45) is 0.684. The highest BCUT2D eigenvalue weighted by Crippen LogP contribution is 2.42. The van der Waals surface area contributed by atoms with Gasteiger partial charge in [-0.15, -0.1) is 0 Å². The predicted octanol–water partition coefficient (Wildman–Crippen LogP) is 2.65. The van der Waals surface area contributed by atoms with Crippen LogP contribution in [0, 0.1) is 0 Å². The number of amides is 2. The molecular weight excluding hydrogens is 252 g/mol. The Morgan fingerprint density at radius 3 is 1.95 bits per heavy atom. The maximum absolute atomic E-state index is 11.8. The lowest BCUT2D eigenvalue weighted by Crippen LogP contribution is -2.47. The first-order chi connectivity index (χ1) is 9.75.